The van der Waals surface area contributed by atoms with Crippen molar-refractivity contribution >= 4 is 19.2 Å². The molecule has 3 aromatic rings. The first kappa shape index (κ1) is 19.7. The molecule has 0 atom stereocenters. The molecule has 3 aromatic carbocycles. The van der Waals surface area contributed by atoms with Gasteiger partial charge >= 0.3 is 0 Å². The highest BCUT2D eigenvalue weighted by Crippen LogP contribution is 2.30. The van der Waals surface area contributed by atoms with Crippen molar-refractivity contribution in [1.82, 2.24) is 4.90 Å². The van der Waals surface area contributed by atoms with Crippen molar-refractivity contribution < 1.29 is 4.79 Å². The molecular formula is C26H29NOSi. The van der Waals surface area contributed by atoms with Crippen molar-refractivity contribution in [1.29, 1.82) is 0 Å². The highest BCUT2D eigenvalue weighted by atomic mass is 28.3. The Hall–Kier alpha value is -2.65. The molecule has 1 amide bonds. The Bertz CT molecular complexity index is 1040. The summed E-state index contributed by atoms with van der Waals surface area (Å²) in [7, 11) is -1.69. The first-order valence-corrected chi connectivity index (χ1v) is 13.6. The summed E-state index contributed by atoms with van der Waals surface area (Å²) in [6.07, 6.45) is 0. The predicted molar refractivity (Wildman–Crippen MR) is 123 cm³/mol. The zero-order valence-electron chi connectivity index (χ0n) is 17.8. The summed E-state index contributed by atoms with van der Waals surface area (Å²) in [6.45, 7) is 10.6. The number of amides is 1. The Kier molecular flexibility index (Phi) is 5.18. The first-order valence-electron chi connectivity index (χ1n) is 10.4. The van der Waals surface area contributed by atoms with Crippen LogP contribution in [0.25, 0.3) is 0 Å². The Labute approximate surface area is 175 Å². The summed E-state index contributed by atoms with van der Waals surface area (Å²) in [4.78, 5) is 15.2. The second-order valence-corrected chi connectivity index (χ2v) is 13.6. The monoisotopic (exact) mass is 399 g/mol. The van der Waals surface area contributed by atoms with Crippen LogP contribution < -0.4 is 5.19 Å². The van der Waals surface area contributed by atoms with Crippen molar-refractivity contribution in [3.63, 3.8) is 0 Å². The second-order valence-electron chi connectivity index (χ2n) is 8.91. The van der Waals surface area contributed by atoms with Crippen molar-refractivity contribution in [3.05, 3.63) is 100 Å². The van der Waals surface area contributed by atoms with E-state index in [1.165, 1.54) is 27.4 Å². The summed E-state index contributed by atoms with van der Waals surface area (Å²) in [5, 5.41) is 1.49. The van der Waals surface area contributed by atoms with Gasteiger partial charge in [0.25, 0.3) is 5.91 Å². The van der Waals surface area contributed by atoms with Crippen LogP contribution in [0, 0.1) is 13.8 Å². The molecular weight excluding hydrogens is 370 g/mol. The van der Waals surface area contributed by atoms with E-state index in [1.807, 2.05) is 23.1 Å². The standard InChI is InChI=1S/C26H29NOSi/c1-19-15-24(29(3,4)18-22-13-9-6-10-14-22)20(2)23-17-27(26(28)25(19)23)16-21-11-7-5-8-12-21/h5-15H,16-18H2,1-4H3. The molecule has 0 radical (unpaired) electrons. The van der Waals surface area contributed by atoms with Crippen molar-refractivity contribution in [3.8, 4) is 0 Å². The van der Waals surface area contributed by atoms with Gasteiger partial charge in [0.1, 0.15) is 0 Å². The highest BCUT2D eigenvalue weighted by molar-refractivity contribution is 6.89. The molecule has 0 bridgehead atoms. The van der Waals surface area contributed by atoms with Crippen molar-refractivity contribution in [2.45, 2.75) is 46.1 Å². The van der Waals surface area contributed by atoms with Gasteiger partial charge in [0.15, 0.2) is 0 Å². The topological polar surface area (TPSA) is 20.3 Å². The average molecular weight is 400 g/mol. The van der Waals surface area contributed by atoms with Gasteiger partial charge in [-0.2, -0.15) is 0 Å². The average Bonchev–Trinajstić information content (AvgIpc) is 3.03. The smallest absolute Gasteiger partial charge is 0.255 e. The van der Waals surface area contributed by atoms with E-state index >= 15 is 0 Å². The molecule has 1 aliphatic rings. The lowest BCUT2D eigenvalue weighted by Crippen LogP contribution is -2.46. The third-order valence-electron chi connectivity index (χ3n) is 6.20. The number of carbonyl (C=O) groups excluding carboxylic acids is 1. The molecule has 2 nitrogen and oxygen atoms in total. The van der Waals surface area contributed by atoms with E-state index in [0.717, 1.165) is 23.7 Å². The van der Waals surface area contributed by atoms with Crippen LogP contribution >= 0.6 is 0 Å². The van der Waals surface area contributed by atoms with Gasteiger partial charge < -0.3 is 4.90 Å². The lowest BCUT2D eigenvalue weighted by molar-refractivity contribution is 0.0766. The summed E-state index contributed by atoms with van der Waals surface area (Å²) in [6, 6.07) is 24.5. The van der Waals surface area contributed by atoms with Crippen molar-refractivity contribution in [2.75, 3.05) is 0 Å². The van der Waals surface area contributed by atoms with Crippen LogP contribution in [-0.4, -0.2) is 18.9 Å². The fourth-order valence-electron chi connectivity index (χ4n) is 4.74. The quantitative estimate of drug-likeness (QED) is 0.543. The molecule has 4 rings (SSSR count). The van der Waals surface area contributed by atoms with E-state index in [0.29, 0.717) is 6.54 Å². The van der Waals surface area contributed by atoms with E-state index in [9.17, 15) is 4.79 Å². The fourth-order valence-corrected chi connectivity index (χ4v) is 7.96. The SMILES string of the molecule is Cc1cc([Si](C)(C)Cc2ccccc2)c(C)c2c1C(=O)N(Cc1ccccc1)C2. The van der Waals surface area contributed by atoms with Crippen LogP contribution in [0.2, 0.25) is 13.1 Å². The molecule has 0 spiro atoms. The summed E-state index contributed by atoms with van der Waals surface area (Å²) in [5.74, 6) is 0.179. The van der Waals surface area contributed by atoms with Gasteiger partial charge in [-0.3, -0.25) is 4.79 Å². The molecule has 3 heteroatoms. The van der Waals surface area contributed by atoms with Crippen molar-refractivity contribution in [2.24, 2.45) is 0 Å². The van der Waals surface area contributed by atoms with Crippen LogP contribution in [0.4, 0.5) is 0 Å². The molecule has 1 heterocycles. The van der Waals surface area contributed by atoms with Gasteiger partial charge in [0.2, 0.25) is 0 Å². The fraction of sp³-hybridized carbons (Fsp3) is 0.269. The molecule has 0 saturated carbocycles. The van der Waals surface area contributed by atoms with Crippen LogP contribution in [0.3, 0.4) is 0 Å². The maximum atomic E-state index is 13.2. The minimum Gasteiger partial charge on any atom is -0.330 e. The molecule has 0 saturated heterocycles. The van der Waals surface area contributed by atoms with E-state index in [4.69, 9.17) is 0 Å². The first-order chi connectivity index (χ1) is 13.9. The minimum atomic E-state index is -1.69. The van der Waals surface area contributed by atoms with Gasteiger partial charge in [-0.15, -0.1) is 0 Å². The summed E-state index contributed by atoms with van der Waals surface area (Å²) in [5.41, 5.74) is 7.24. The lowest BCUT2D eigenvalue weighted by atomic mass is 9.99. The highest BCUT2D eigenvalue weighted by Gasteiger charge is 2.34. The van der Waals surface area contributed by atoms with Gasteiger partial charge in [-0.25, -0.2) is 0 Å². The van der Waals surface area contributed by atoms with E-state index in [1.54, 1.807) is 0 Å². The number of aryl methyl sites for hydroxylation is 1. The number of hydrogen-bond acceptors (Lipinski definition) is 1. The van der Waals surface area contributed by atoms with Gasteiger partial charge in [0.05, 0.1) is 8.07 Å². The number of nitrogens with zero attached hydrogens (tertiary/aromatic N) is 1. The minimum absolute atomic E-state index is 0.179. The molecule has 0 N–H and O–H groups in total. The predicted octanol–water partition coefficient (Wildman–Crippen LogP) is 5.16. The number of fused-ring (bicyclic) bond motifs is 1. The number of hydrogen-bond donors (Lipinski definition) is 0. The maximum Gasteiger partial charge on any atom is 0.255 e. The van der Waals surface area contributed by atoms with E-state index in [2.05, 4.69) is 75.5 Å². The zero-order valence-corrected chi connectivity index (χ0v) is 18.8. The molecule has 0 unspecified atom stereocenters. The Morgan fingerprint density at radius 3 is 2.10 bits per heavy atom. The second kappa shape index (κ2) is 7.64. The van der Waals surface area contributed by atoms with E-state index < -0.39 is 8.07 Å². The number of benzene rings is 3. The largest absolute Gasteiger partial charge is 0.330 e. The third kappa shape index (κ3) is 3.79. The molecule has 1 aliphatic heterocycles. The van der Waals surface area contributed by atoms with Crippen LogP contribution in [-0.2, 0) is 19.1 Å². The molecule has 0 aromatic heterocycles. The summed E-state index contributed by atoms with van der Waals surface area (Å²) >= 11 is 0. The maximum absolute atomic E-state index is 13.2. The third-order valence-corrected chi connectivity index (χ3v) is 9.47. The lowest BCUT2D eigenvalue weighted by Gasteiger charge is -2.27. The number of carbonyl (C=O) groups is 1. The van der Waals surface area contributed by atoms with Crippen LogP contribution in [0.15, 0.2) is 66.7 Å². The van der Waals surface area contributed by atoms with Gasteiger partial charge in [-0.1, -0.05) is 90.6 Å². The van der Waals surface area contributed by atoms with Gasteiger partial charge in [0, 0.05) is 18.7 Å². The number of rotatable bonds is 5. The van der Waals surface area contributed by atoms with Crippen LogP contribution in [0.5, 0.6) is 0 Å². The van der Waals surface area contributed by atoms with E-state index in [-0.39, 0.29) is 5.91 Å². The van der Waals surface area contributed by atoms with Crippen LogP contribution in [0.1, 0.15) is 38.2 Å². The molecule has 0 fully saturated rings. The molecule has 29 heavy (non-hydrogen) atoms. The normalized spacial score (nSPS) is 13.7. The Morgan fingerprint density at radius 2 is 1.48 bits per heavy atom. The summed E-state index contributed by atoms with van der Waals surface area (Å²) < 4.78 is 0. The molecule has 148 valence electrons. The molecule has 0 aliphatic carbocycles. The van der Waals surface area contributed by atoms with Gasteiger partial charge in [-0.05, 0) is 42.1 Å². The Balaban J connectivity index is 1.67. The zero-order chi connectivity index (χ0) is 20.6. The Morgan fingerprint density at radius 1 is 0.897 bits per heavy atom.